The van der Waals surface area contributed by atoms with Crippen molar-refractivity contribution in [3.05, 3.63) is 0 Å². The summed E-state index contributed by atoms with van der Waals surface area (Å²) in [5.41, 5.74) is -0.248. The Kier molecular flexibility index (Phi) is 3.39. The van der Waals surface area contributed by atoms with Gasteiger partial charge in [-0.1, -0.05) is 26.7 Å². The van der Waals surface area contributed by atoms with E-state index in [9.17, 15) is 5.11 Å². The molecule has 0 heterocycles. The highest BCUT2D eigenvalue weighted by atomic mass is 16.3. The van der Waals surface area contributed by atoms with Crippen molar-refractivity contribution in [1.82, 2.24) is 0 Å². The summed E-state index contributed by atoms with van der Waals surface area (Å²) in [4.78, 5) is 0. The number of hydrogen-bond acceptors (Lipinski definition) is 1. The van der Waals surface area contributed by atoms with Crippen molar-refractivity contribution in [2.75, 3.05) is 0 Å². The first kappa shape index (κ1) is 11.4. The van der Waals surface area contributed by atoms with Gasteiger partial charge in [-0.25, -0.2) is 0 Å². The molecule has 88 valence electrons. The van der Waals surface area contributed by atoms with Crippen molar-refractivity contribution < 1.29 is 5.11 Å². The van der Waals surface area contributed by atoms with Gasteiger partial charge < -0.3 is 5.11 Å². The molecule has 0 spiro atoms. The number of rotatable bonds is 7. The maximum absolute atomic E-state index is 10.7. The molecular weight excluding hydrogens is 184 g/mol. The molecule has 1 atom stereocenters. The molecule has 0 saturated heterocycles. The molecule has 2 rings (SSSR count). The Morgan fingerprint density at radius 1 is 1.13 bits per heavy atom. The molecule has 2 aliphatic carbocycles. The lowest BCUT2D eigenvalue weighted by atomic mass is 9.84. The predicted molar refractivity (Wildman–Crippen MR) is 63.7 cm³/mol. The van der Waals surface area contributed by atoms with Crippen molar-refractivity contribution in [2.24, 2.45) is 17.8 Å². The molecular formula is C14H26O. The highest BCUT2D eigenvalue weighted by molar-refractivity contribution is 5.03. The minimum absolute atomic E-state index is 0.248. The van der Waals surface area contributed by atoms with E-state index in [0.29, 0.717) is 11.8 Å². The Balaban J connectivity index is 1.79. The van der Waals surface area contributed by atoms with E-state index in [0.717, 1.165) is 12.3 Å². The Morgan fingerprint density at radius 2 is 1.67 bits per heavy atom. The van der Waals surface area contributed by atoms with Gasteiger partial charge in [-0.05, 0) is 56.3 Å². The minimum atomic E-state index is -0.248. The fraction of sp³-hybridized carbons (Fsp3) is 1.00. The number of aliphatic hydroxyl groups is 1. The fourth-order valence-electron chi connectivity index (χ4n) is 3.02. The second kappa shape index (κ2) is 4.45. The standard InChI is InChI=1S/C14H26O/c1-3-4-11(2)9-10-14(15,12-5-6-12)13-7-8-13/h11-13,15H,3-10H2,1-2H3. The van der Waals surface area contributed by atoms with E-state index in [2.05, 4.69) is 13.8 Å². The van der Waals surface area contributed by atoms with Crippen LogP contribution in [0.4, 0.5) is 0 Å². The van der Waals surface area contributed by atoms with Crippen molar-refractivity contribution in [1.29, 1.82) is 0 Å². The van der Waals surface area contributed by atoms with Gasteiger partial charge in [0.25, 0.3) is 0 Å². The maximum Gasteiger partial charge on any atom is 0.0703 e. The van der Waals surface area contributed by atoms with Crippen molar-refractivity contribution in [2.45, 2.75) is 70.8 Å². The van der Waals surface area contributed by atoms with Crippen molar-refractivity contribution in [3.8, 4) is 0 Å². The minimum Gasteiger partial charge on any atom is -0.389 e. The molecule has 1 nitrogen and oxygen atoms in total. The van der Waals surface area contributed by atoms with Gasteiger partial charge in [-0.3, -0.25) is 0 Å². The van der Waals surface area contributed by atoms with Crippen LogP contribution in [0.3, 0.4) is 0 Å². The van der Waals surface area contributed by atoms with Gasteiger partial charge in [-0.2, -0.15) is 0 Å². The first-order chi connectivity index (χ1) is 7.16. The van der Waals surface area contributed by atoms with Crippen LogP contribution in [0.5, 0.6) is 0 Å². The van der Waals surface area contributed by atoms with E-state index in [4.69, 9.17) is 0 Å². The predicted octanol–water partition coefficient (Wildman–Crippen LogP) is 3.75. The van der Waals surface area contributed by atoms with Crippen molar-refractivity contribution in [3.63, 3.8) is 0 Å². The third-order valence-electron chi connectivity index (χ3n) is 4.39. The molecule has 0 amide bonds. The molecule has 0 radical (unpaired) electrons. The lowest BCUT2D eigenvalue weighted by Crippen LogP contribution is -2.34. The Bertz CT molecular complexity index is 191. The summed E-state index contributed by atoms with van der Waals surface area (Å²) in [5.74, 6) is 2.14. The Morgan fingerprint density at radius 3 is 2.07 bits per heavy atom. The normalized spacial score (nSPS) is 24.2. The first-order valence-electron chi connectivity index (χ1n) is 6.89. The van der Waals surface area contributed by atoms with Crippen LogP contribution in [0.2, 0.25) is 0 Å². The third-order valence-corrected chi connectivity index (χ3v) is 4.39. The molecule has 15 heavy (non-hydrogen) atoms. The lowest BCUT2D eigenvalue weighted by molar-refractivity contribution is -0.0179. The topological polar surface area (TPSA) is 20.2 Å². The van der Waals surface area contributed by atoms with Crippen molar-refractivity contribution >= 4 is 0 Å². The van der Waals surface area contributed by atoms with Gasteiger partial charge in [0, 0.05) is 0 Å². The van der Waals surface area contributed by atoms with Gasteiger partial charge in [0.1, 0.15) is 0 Å². The summed E-state index contributed by atoms with van der Waals surface area (Å²) < 4.78 is 0. The van der Waals surface area contributed by atoms with Gasteiger partial charge >= 0.3 is 0 Å². The molecule has 0 aromatic heterocycles. The monoisotopic (exact) mass is 210 g/mol. The number of hydrogen-bond donors (Lipinski definition) is 1. The van der Waals surface area contributed by atoms with E-state index in [1.807, 2.05) is 0 Å². The zero-order valence-corrected chi connectivity index (χ0v) is 10.3. The molecule has 0 aromatic rings. The zero-order valence-electron chi connectivity index (χ0n) is 10.3. The van der Waals surface area contributed by atoms with E-state index >= 15 is 0 Å². The molecule has 1 N–H and O–H groups in total. The molecule has 0 aliphatic heterocycles. The molecule has 0 aromatic carbocycles. The summed E-state index contributed by atoms with van der Waals surface area (Å²) in [5, 5.41) is 10.7. The molecule has 1 unspecified atom stereocenters. The maximum atomic E-state index is 10.7. The van der Waals surface area contributed by atoms with Gasteiger partial charge in [-0.15, -0.1) is 0 Å². The van der Waals surface area contributed by atoms with Gasteiger partial charge in [0.05, 0.1) is 5.60 Å². The average molecular weight is 210 g/mol. The second-order valence-corrected chi connectivity index (χ2v) is 5.97. The van der Waals surface area contributed by atoms with Crippen LogP contribution in [0.25, 0.3) is 0 Å². The molecule has 0 bridgehead atoms. The molecule has 2 aliphatic rings. The van der Waals surface area contributed by atoms with Crippen LogP contribution in [0.15, 0.2) is 0 Å². The van der Waals surface area contributed by atoms with E-state index in [1.165, 1.54) is 44.9 Å². The van der Waals surface area contributed by atoms with Gasteiger partial charge in [0.2, 0.25) is 0 Å². The quantitative estimate of drug-likeness (QED) is 0.678. The highest BCUT2D eigenvalue weighted by Crippen LogP contribution is 2.54. The second-order valence-electron chi connectivity index (χ2n) is 5.97. The van der Waals surface area contributed by atoms with Crippen LogP contribution in [-0.4, -0.2) is 10.7 Å². The summed E-state index contributed by atoms with van der Waals surface area (Å²) in [6.07, 6.45) is 10.1. The largest absolute Gasteiger partial charge is 0.389 e. The van der Waals surface area contributed by atoms with Gasteiger partial charge in [0.15, 0.2) is 0 Å². The highest BCUT2D eigenvalue weighted by Gasteiger charge is 2.52. The summed E-state index contributed by atoms with van der Waals surface area (Å²) >= 11 is 0. The fourth-order valence-corrected chi connectivity index (χ4v) is 3.02. The first-order valence-corrected chi connectivity index (χ1v) is 6.89. The smallest absolute Gasteiger partial charge is 0.0703 e. The molecule has 2 fully saturated rings. The lowest BCUT2D eigenvalue weighted by Gasteiger charge is -2.29. The van der Waals surface area contributed by atoms with Crippen LogP contribution in [0.1, 0.15) is 65.2 Å². The van der Waals surface area contributed by atoms with E-state index < -0.39 is 0 Å². The summed E-state index contributed by atoms with van der Waals surface area (Å²) in [6.45, 7) is 4.59. The summed E-state index contributed by atoms with van der Waals surface area (Å²) in [7, 11) is 0. The van der Waals surface area contributed by atoms with E-state index in [-0.39, 0.29) is 5.60 Å². The Labute approximate surface area is 94.3 Å². The van der Waals surface area contributed by atoms with Crippen LogP contribution in [0, 0.1) is 17.8 Å². The molecule has 1 heteroatoms. The zero-order chi connectivity index (χ0) is 10.9. The van der Waals surface area contributed by atoms with Crippen LogP contribution >= 0.6 is 0 Å². The average Bonchev–Trinajstić information content (AvgIpc) is 3.07. The third kappa shape index (κ3) is 2.75. The van der Waals surface area contributed by atoms with E-state index in [1.54, 1.807) is 0 Å². The Hall–Kier alpha value is -0.0400. The molecule has 2 saturated carbocycles. The van der Waals surface area contributed by atoms with Crippen LogP contribution in [-0.2, 0) is 0 Å². The summed E-state index contributed by atoms with van der Waals surface area (Å²) in [6, 6.07) is 0. The van der Waals surface area contributed by atoms with Crippen LogP contribution < -0.4 is 0 Å². The SMILES string of the molecule is CCCC(C)CCC(O)(C1CC1)C1CC1.